The number of carboxylic acids is 1. The molecule has 0 fully saturated rings. The summed E-state index contributed by atoms with van der Waals surface area (Å²) in [7, 11) is 0. The Bertz CT molecular complexity index is 533. The smallest absolute Gasteiger partial charge is 0.320 e. The van der Waals surface area contributed by atoms with Gasteiger partial charge < -0.3 is 21.6 Å². The summed E-state index contributed by atoms with van der Waals surface area (Å²) in [6.45, 7) is 0. The molecule has 0 spiro atoms. The molecule has 0 aliphatic heterocycles. The van der Waals surface area contributed by atoms with E-state index in [4.69, 9.17) is 16.6 Å². The Kier molecular flexibility index (Phi) is 2.54. The van der Waals surface area contributed by atoms with Gasteiger partial charge in [0.1, 0.15) is 6.04 Å². The van der Waals surface area contributed by atoms with Crippen molar-refractivity contribution in [2.24, 2.45) is 5.73 Å². The van der Waals surface area contributed by atoms with Crippen LogP contribution < -0.4 is 11.5 Å². The second-order valence-electron chi connectivity index (χ2n) is 3.77. The lowest BCUT2D eigenvalue weighted by molar-refractivity contribution is -0.138. The highest BCUT2D eigenvalue weighted by molar-refractivity contribution is 5.86. The van der Waals surface area contributed by atoms with Crippen LogP contribution in [0.4, 0.5) is 5.69 Å². The fourth-order valence-corrected chi connectivity index (χ4v) is 1.69. The maximum Gasteiger partial charge on any atom is 0.320 e. The van der Waals surface area contributed by atoms with Gasteiger partial charge in [0.25, 0.3) is 0 Å². The molecule has 0 radical (unpaired) electrons. The number of benzene rings is 1. The number of hydrogen-bond donors (Lipinski definition) is 4. The zero-order chi connectivity index (χ0) is 11.7. The number of fused-ring (bicyclic) bond motifs is 1. The highest BCUT2D eigenvalue weighted by Gasteiger charge is 2.14. The Hall–Kier alpha value is -2.01. The first kappa shape index (κ1) is 10.5. The van der Waals surface area contributed by atoms with E-state index in [-0.39, 0.29) is 0 Å². The SMILES string of the molecule is Nc1ccc2[nH]cc(C[C@@H](N)C(=O)O)c2c1. The van der Waals surface area contributed by atoms with Crippen LogP contribution in [0.5, 0.6) is 0 Å². The highest BCUT2D eigenvalue weighted by atomic mass is 16.4. The number of aliphatic carboxylic acids is 1. The van der Waals surface area contributed by atoms with Gasteiger partial charge in [0.15, 0.2) is 0 Å². The van der Waals surface area contributed by atoms with Gasteiger partial charge in [-0.25, -0.2) is 0 Å². The summed E-state index contributed by atoms with van der Waals surface area (Å²) in [6, 6.07) is 4.58. The maximum atomic E-state index is 10.7. The summed E-state index contributed by atoms with van der Waals surface area (Å²) in [6.07, 6.45) is 2.06. The molecule has 0 bridgehead atoms. The van der Waals surface area contributed by atoms with Crippen LogP contribution in [-0.2, 0) is 11.2 Å². The van der Waals surface area contributed by atoms with E-state index in [0.717, 1.165) is 16.5 Å². The monoisotopic (exact) mass is 219 g/mol. The van der Waals surface area contributed by atoms with E-state index in [9.17, 15) is 4.79 Å². The molecule has 1 atom stereocenters. The van der Waals surface area contributed by atoms with E-state index >= 15 is 0 Å². The van der Waals surface area contributed by atoms with Crippen molar-refractivity contribution in [2.75, 3.05) is 5.73 Å². The number of aromatic nitrogens is 1. The molecule has 1 heterocycles. The molecule has 16 heavy (non-hydrogen) atoms. The van der Waals surface area contributed by atoms with Gasteiger partial charge in [-0.15, -0.1) is 0 Å². The van der Waals surface area contributed by atoms with Crippen molar-refractivity contribution < 1.29 is 9.90 Å². The van der Waals surface area contributed by atoms with Crippen molar-refractivity contribution in [2.45, 2.75) is 12.5 Å². The number of anilines is 1. The van der Waals surface area contributed by atoms with E-state index < -0.39 is 12.0 Å². The molecule has 84 valence electrons. The van der Waals surface area contributed by atoms with E-state index in [1.807, 2.05) is 12.1 Å². The van der Waals surface area contributed by atoms with Crippen molar-refractivity contribution >= 4 is 22.6 Å². The van der Waals surface area contributed by atoms with Gasteiger partial charge in [-0.2, -0.15) is 0 Å². The second kappa shape index (κ2) is 3.86. The van der Waals surface area contributed by atoms with Crippen LogP contribution in [0.2, 0.25) is 0 Å². The van der Waals surface area contributed by atoms with E-state index in [1.54, 1.807) is 12.3 Å². The zero-order valence-electron chi connectivity index (χ0n) is 8.60. The predicted molar refractivity (Wildman–Crippen MR) is 62.0 cm³/mol. The Morgan fingerprint density at radius 3 is 2.94 bits per heavy atom. The summed E-state index contributed by atoms with van der Waals surface area (Å²) in [5.74, 6) is -1.00. The molecule has 1 aromatic carbocycles. The molecule has 0 unspecified atom stereocenters. The highest BCUT2D eigenvalue weighted by Crippen LogP contribution is 2.21. The first-order valence-electron chi connectivity index (χ1n) is 4.92. The molecule has 2 aromatic rings. The number of hydrogen-bond acceptors (Lipinski definition) is 3. The Morgan fingerprint density at radius 1 is 1.50 bits per heavy atom. The second-order valence-corrected chi connectivity index (χ2v) is 3.77. The summed E-state index contributed by atoms with van der Waals surface area (Å²) >= 11 is 0. The van der Waals surface area contributed by atoms with Crippen molar-refractivity contribution in [3.8, 4) is 0 Å². The normalized spacial score (nSPS) is 12.8. The number of rotatable bonds is 3. The van der Waals surface area contributed by atoms with Crippen LogP contribution in [0.15, 0.2) is 24.4 Å². The van der Waals surface area contributed by atoms with E-state index in [1.165, 1.54) is 0 Å². The van der Waals surface area contributed by atoms with Gasteiger partial charge in [0, 0.05) is 29.2 Å². The summed E-state index contributed by atoms with van der Waals surface area (Å²) in [5, 5.41) is 9.68. The largest absolute Gasteiger partial charge is 0.480 e. The number of nitrogens with one attached hydrogen (secondary N) is 1. The van der Waals surface area contributed by atoms with Crippen LogP contribution in [0.25, 0.3) is 10.9 Å². The van der Waals surface area contributed by atoms with Crippen molar-refractivity contribution in [3.05, 3.63) is 30.0 Å². The van der Waals surface area contributed by atoms with Gasteiger partial charge in [0.2, 0.25) is 0 Å². The molecular formula is C11H13N3O2. The maximum absolute atomic E-state index is 10.7. The zero-order valence-corrected chi connectivity index (χ0v) is 8.60. The van der Waals surface area contributed by atoms with E-state index in [0.29, 0.717) is 12.1 Å². The lowest BCUT2D eigenvalue weighted by atomic mass is 10.1. The minimum atomic E-state index is -1.00. The number of carboxylic acid groups (broad SMARTS) is 1. The predicted octanol–water partition coefficient (Wildman–Crippen LogP) is 0.704. The topological polar surface area (TPSA) is 105 Å². The number of nitrogens with two attached hydrogens (primary N) is 2. The molecule has 0 aliphatic carbocycles. The lowest BCUT2D eigenvalue weighted by Gasteiger charge is -2.04. The van der Waals surface area contributed by atoms with E-state index in [2.05, 4.69) is 4.98 Å². The third kappa shape index (κ3) is 1.85. The molecule has 2 rings (SSSR count). The Morgan fingerprint density at radius 2 is 2.25 bits per heavy atom. The first-order chi connectivity index (χ1) is 7.58. The van der Waals surface area contributed by atoms with Crippen LogP contribution in [0, 0.1) is 0 Å². The van der Waals surface area contributed by atoms with Crippen LogP contribution in [0.1, 0.15) is 5.56 Å². The van der Waals surface area contributed by atoms with Crippen molar-refractivity contribution in [1.29, 1.82) is 0 Å². The minimum Gasteiger partial charge on any atom is -0.480 e. The number of H-pyrrole nitrogens is 1. The van der Waals surface area contributed by atoms with Crippen LogP contribution in [-0.4, -0.2) is 22.1 Å². The first-order valence-corrected chi connectivity index (χ1v) is 4.92. The Labute approximate surface area is 92.1 Å². The fourth-order valence-electron chi connectivity index (χ4n) is 1.69. The van der Waals surface area contributed by atoms with Gasteiger partial charge >= 0.3 is 5.97 Å². The van der Waals surface area contributed by atoms with Crippen LogP contribution in [0.3, 0.4) is 0 Å². The number of nitrogen functional groups attached to an aromatic ring is 1. The molecular weight excluding hydrogens is 206 g/mol. The van der Waals surface area contributed by atoms with Gasteiger partial charge in [-0.3, -0.25) is 4.79 Å². The average Bonchev–Trinajstić information content (AvgIpc) is 2.61. The molecule has 0 saturated heterocycles. The molecule has 0 saturated carbocycles. The quantitative estimate of drug-likeness (QED) is 0.570. The summed E-state index contributed by atoms with van der Waals surface area (Å²) in [4.78, 5) is 13.7. The van der Waals surface area contributed by atoms with Gasteiger partial charge in [-0.1, -0.05) is 0 Å². The van der Waals surface area contributed by atoms with Crippen molar-refractivity contribution in [1.82, 2.24) is 4.98 Å². The minimum absolute atomic E-state index is 0.290. The third-order valence-corrected chi connectivity index (χ3v) is 2.55. The van der Waals surface area contributed by atoms with Gasteiger partial charge in [0.05, 0.1) is 0 Å². The third-order valence-electron chi connectivity index (χ3n) is 2.55. The lowest BCUT2D eigenvalue weighted by Crippen LogP contribution is -2.32. The fraction of sp³-hybridized carbons (Fsp3) is 0.182. The van der Waals surface area contributed by atoms with Crippen molar-refractivity contribution in [3.63, 3.8) is 0 Å². The number of aromatic amines is 1. The molecule has 5 nitrogen and oxygen atoms in total. The molecule has 0 amide bonds. The van der Waals surface area contributed by atoms with Gasteiger partial charge in [-0.05, 0) is 23.8 Å². The molecule has 1 aromatic heterocycles. The standard InChI is InChI=1S/C11H13N3O2/c12-7-1-2-10-8(4-7)6(5-14-10)3-9(13)11(15)16/h1-2,4-5,9,14H,3,12-13H2,(H,15,16)/t9-/m1/s1. The molecule has 5 heteroatoms. The average molecular weight is 219 g/mol. The van der Waals surface area contributed by atoms with Crippen LogP contribution >= 0.6 is 0 Å². The molecule has 6 N–H and O–H groups in total. The summed E-state index contributed by atoms with van der Waals surface area (Å²) in [5.41, 5.74) is 13.6. The molecule has 0 aliphatic rings. The number of carbonyl (C=O) groups is 1. The summed E-state index contributed by atoms with van der Waals surface area (Å²) < 4.78 is 0. The Balaban J connectivity index is 2.37.